The fourth-order valence-electron chi connectivity index (χ4n) is 1.45. The van der Waals surface area contributed by atoms with E-state index in [-0.39, 0.29) is 5.69 Å². The number of aryl methyl sites for hydroxylation is 1. The second kappa shape index (κ2) is 5.14. The SMILES string of the molecule is Cc1cc(Oc2ccc(Br)nc2)ccc1[N+](=O)[O-]. The zero-order valence-corrected chi connectivity index (χ0v) is 11.0. The van der Waals surface area contributed by atoms with Crippen LogP contribution in [0.25, 0.3) is 0 Å². The summed E-state index contributed by atoms with van der Waals surface area (Å²) >= 11 is 3.23. The minimum absolute atomic E-state index is 0.0799. The van der Waals surface area contributed by atoms with E-state index >= 15 is 0 Å². The summed E-state index contributed by atoms with van der Waals surface area (Å²) in [6.07, 6.45) is 1.57. The van der Waals surface area contributed by atoms with Gasteiger partial charge in [0, 0.05) is 11.6 Å². The molecule has 0 aliphatic heterocycles. The van der Waals surface area contributed by atoms with Gasteiger partial charge in [0.25, 0.3) is 5.69 Å². The van der Waals surface area contributed by atoms with Gasteiger partial charge < -0.3 is 4.74 Å². The Bertz CT molecular complexity index is 584. The predicted octanol–water partition coefficient (Wildman–Crippen LogP) is 3.85. The van der Waals surface area contributed by atoms with Crippen LogP contribution in [0.5, 0.6) is 11.5 Å². The Kier molecular flexibility index (Phi) is 3.57. The number of ether oxygens (including phenoxy) is 1. The minimum Gasteiger partial charge on any atom is -0.456 e. The van der Waals surface area contributed by atoms with Crippen molar-refractivity contribution in [3.05, 3.63) is 56.8 Å². The summed E-state index contributed by atoms with van der Waals surface area (Å²) in [6, 6.07) is 8.13. The zero-order chi connectivity index (χ0) is 13.1. The predicted molar refractivity (Wildman–Crippen MR) is 69.8 cm³/mol. The third kappa shape index (κ3) is 2.84. The topological polar surface area (TPSA) is 65.3 Å². The molecule has 1 heterocycles. The lowest BCUT2D eigenvalue weighted by atomic mass is 10.2. The van der Waals surface area contributed by atoms with E-state index in [9.17, 15) is 10.1 Å². The van der Waals surface area contributed by atoms with Gasteiger partial charge in [0.2, 0.25) is 0 Å². The highest BCUT2D eigenvalue weighted by Crippen LogP contribution is 2.27. The first kappa shape index (κ1) is 12.5. The van der Waals surface area contributed by atoms with E-state index in [1.165, 1.54) is 6.07 Å². The molecule has 1 aromatic heterocycles. The van der Waals surface area contributed by atoms with Gasteiger partial charge in [-0.05, 0) is 47.1 Å². The molecule has 1 aromatic carbocycles. The van der Waals surface area contributed by atoms with Gasteiger partial charge in [-0.1, -0.05) is 0 Å². The minimum atomic E-state index is -0.416. The molecule has 0 aliphatic rings. The molecule has 0 aliphatic carbocycles. The van der Waals surface area contributed by atoms with Crippen molar-refractivity contribution in [3.8, 4) is 11.5 Å². The number of nitro benzene ring substituents is 1. The van der Waals surface area contributed by atoms with Gasteiger partial charge in [0.1, 0.15) is 16.1 Å². The molecule has 0 unspecified atom stereocenters. The van der Waals surface area contributed by atoms with Crippen LogP contribution in [-0.2, 0) is 0 Å². The monoisotopic (exact) mass is 308 g/mol. The smallest absolute Gasteiger partial charge is 0.272 e. The maximum atomic E-state index is 10.7. The lowest BCUT2D eigenvalue weighted by Gasteiger charge is -2.06. The van der Waals surface area contributed by atoms with E-state index in [1.54, 1.807) is 37.4 Å². The van der Waals surface area contributed by atoms with E-state index in [1.807, 2.05) is 0 Å². The summed E-state index contributed by atoms with van der Waals surface area (Å²) < 4.78 is 6.26. The highest BCUT2D eigenvalue weighted by atomic mass is 79.9. The van der Waals surface area contributed by atoms with Crippen LogP contribution in [0.15, 0.2) is 41.1 Å². The Morgan fingerprint density at radius 3 is 2.56 bits per heavy atom. The van der Waals surface area contributed by atoms with E-state index in [0.29, 0.717) is 17.1 Å². The maximum Gasteiger partial charge on any atom is 0.272 e. The van der Waals surface area contributed by atoms with Crippen LogP contribution in [-0.4, -0.2) is 9.91 Å². The molecule has 2 rings (SSSR count). The molecule has 0 saturated carbocycles. The van der Waals surface area contributed by atoms with Gasteiger partial charge in [0.05, 0.1) is 11.1 Å². The summed E-state index contributed by atoms with van der Waals surface area (Å²) in [6.45, 7) is 1.67. The van der Waals surface area contributed by atoms with Crippen LogP contribution in [0, 0.1) is 17.0 Å². The van der Waals surface area contributed by atoms with Gasteiger partial charge in [-0.15, -0.1) is 0 Å². The Hall–Kier alpha value is -1.95. The lowest BCUT2D eigenvalue weighted by Crippen LogP contribution is -1.92. The maximum absolute atomic E-state index is 10.7. The Morgan fingerprint density at radius 2 is 2.00 bits per heavy atom. The molecular formula is C12H9BrN2O3. The first-order valence-electron chi connectivity index (χ1n) is 5.11. The van der Waals surface area contributed by atoms with Crippen LogP contribution in [0.4, 0.5) is 5.69 Å². The number of aromatic nitrogens is 1. The van der Waals surface area contributed by atoms with Crippen LogP contribution in [0.2, 0.25) is 0 Å². The third-order valence-corrected chi connectivity index (χ3v) is 2.77. The van der Waals surface area contributed by atoms with Gasteiger partial charge in [-0.25, -0.2) is 4.98 Å². The van der Waals surface area contributed by atoms with E-state index in [0.717, 1.165) is 4.60 Å². The summed E-state index contributed by atoms with van der Waals surface area (Å²) in [5.41, 5.74) is 0.638. The Labute approximate surface area is 112 Å². The molecule has 0 spiro atoms. The fraction of sp³-hybridized carbons (Fsp3) is 0.0833. The fourth-order valence-corrected chi connectivity index (χ4v) is 1.69. The average molecular weight is 309 g/mol. The average Bonchev–Trinajstić information content (AvgIpc) is 2.32. The number of nitrogens with zero attached hydrogens (tertiary/aromatic N) is 2. The number of rotatable bonds is 3. The Balaban J connectivity index is 2.22. The van der Waals surface area contributed by atoms with Crippen molar-refractivity contribution >= 4 is 21.6 Å². The summed E-state index contributed by atoms with van der Waals surface area (Å²) in [5.74, 6) is 1.12. The van der Waals surface area contributed by atoms with Crippen molar-refractivity contribution in [1.82, 2.24) is 4.98 Å². The van der Waals surface area contributed by atoms with Crippen LogP contribution < -0.4 is 4.74 Å². The summed E-state index contributed by atoms with van der Waals surface area (Å²) in [5, 5.41) is 10.7. The molecule has 2 aromatic rings. The molecule has 6 heteroatoms. The number of hydrogen-bond donors (Lipinski definition) is 0. The van der Waals surface area contributed by atoms with Gasteiger partial charge in [-0.3, -0.25) is 10.1 Å². The molecule has 0 saturated heterocycles. The van der Waals surface area contributed by atoms with Crippen molar-refractivity contribution in [3.63, 3.8) is 0 Å². The number of hydrogen-bond acceptors (Lipinski definition) is 4. The van der Waals surface area contributed by atoms with Crippen molar-refractivity contribution < 1.29 is 9.66 Å². The summed E-state index contributed by atoms with van der Waals surface area (Å²) in [4.78, 5) is 14.3. The number of halogens is 1. The largest absolute Gasteiger partial charge is 0.456 e. The lowest BCUT2D eigenvalue weighted by molar-refractivity contribution is -0.385. The van der Waals surface area contributed by atoms with Gasteiger partial charge in [0.15, 0.2) is 0 Å². The van der Waals surface area contributed by atoms with Crippen LogP contribution in [0.1, 0.15) is 5.56 Å². The molecule has 0 bridgehead atoms. The van der Waals surface area contributed by atoms with Crippen molar-refractivity contribution in [2.75, 3.05) is 0 Å². The standard InChI is InChI=1S/C12H9BrN2O3/c1-8-6-9(2-4-11(8)15(16)17)18-10-3-5-12(13)14-7-10/h2-7H,1H3. The van der Waals surface area contributed by atoms with Gasteiger partial charge in [-0.2, -0.15) is 0 Å². The normalized spacial score (nSPS) is 10.1. The second-order valence-corrected chi connectivity index (χ2v) is 4.44. The number of benzene rings is 1. The molecule has 5 nitrogen and oxygen atoms in total. The van der Waals surface area contributed by atoms with Crippen LogP contribution in [0.3, 0.4) is 0 Å². The first-order chi connectivity index (χ1) is 8.56. The molecule has 0 N–H and O–H groups in total. The second-order valence-electron chi connectivity index (χ2n) is 3.62. The molecule has 0 atom stereocenters. The van der Waals surface area contributed by atoms with E-state index in [2.05, 4.69) is 20.9 Å². The van der Waals surface area contributed by atoms with Crippen molar-refractivity contribution in [2.24, 2.45) is 0 Å². The molecule has 92 valence electrons. The van der Waals surface area contributed by atoms with E-state index < -0.39 is 4.92 Å². The first-order valence-corrected chi connectivity index (χ1v) is 5.90. The number of nitro groups is 1. The van der Waals surface area contributed by atoms with Crippen molar-refractivity contribution in [1.29, 1.82) is 0 Å². The highest BCUT2D eigenvalue weighted by molar-refractivity contribution is 9.10. The Morgan fingerprint density at radius 1 is 1.28 bits per heavy atom. The van der Waals surface area contributed by atoms with Crippen molar-refractivity contribution in [2.45, 2.75) is 6.92 Å². The third-order valence-electron chi connectivity index (χ3n) is 2.30. The molecular weight excluding hydrogens is 300 g/mol. The summed E-state index contributed by atoms with van der Waals surface area (Å²) in [7, 11) is 0. The van der Waals surface area contributed by atoms with E-state index in [4.69, 9.17) is 4.74 Å². The van der Waals surface area contributed by atoms with Gasteiger partial charge >= 0.3 is 0 Å². The molecule has 0 radical (unpaired) electrons. The molecule has 18 heavy (non-hydrogen) atoms. The highest BCUT2D eigenvalue weighted by Gasteiger charge is 2.10. The molecule has 0 amide bonds. The zero-order valence-electron chi connectivity index (χ0n) is 9.46. The number of pyridine rings is 1. The quantitative estimate of drug-likeness (QED) is 0.490. The van der Waals surface area contributed by atoms with Crippen LogP contribution >= 0.6 is 15.9 Å². The molecule has 0 fully saturated rings.